The van der Waals surface area contributed by atoms with Crippen molar-refractivity contribution >= 4 is 45.2 Å². The third kappa shape index (κ3) is 2.04. The first kappa shape index (κ1) is 14.2. The number of aliphatic hydroxyl groups excluding tert-OH is 2. The van der Waals surface area contributed by atoms with Crippen LogP contribution in [0.25, 0.3) is 11.0 Å². The third-order valence-corrected chi connectivity index (χ3v) is 4.40. The van der Waals surface area contributed by atoms with Gasteiger partial charge in [0.1, 0.15) is 35.4 Å². The number of ether oxygens (including phenoxy) is 1. The zero-order chi connectivity index (χ0) is 14.4. The van der Waals surface area contributed by atoms with Gasteiger partial charge in [-0.05, 0) is 22.6 Å². The first-order chi connectivity index (χ1) is 9.54. The van der Waals surface area contributed by atoms with Crippen LogP contribution in [0.3, 0.4) is 0 Å². The fourth-order valence-electron chi connectivity index (χ4n) is 2.31. The highest BCUT2D eigenvalue weighted by Crippen LogP contribution is 2.35. The summed E-state index contributed by atoms with van der Waals surface area (Å²) in [6.45, 7) is 3.58. The van der Waals surface area contributed by atoms with Crippen LogP contribution < -0.4 is 0 Å². The Morgan fingerprint density at radius 1 is 1.40 bits per heavy atom. The number of hydrogen-bond acceptors (Lipinski definition) is 5. The summed E-state index contributed by atoms with van der Waals surface area (Å²) in [7, 11) is 0. The molecule has 0 unspecified atom stereocenters. The number of aliphatic hydroxyl groups is 2. The summed E-state index contributed by atoms with van der Waals surface area (Å²) in [6.07, 6.45) is 1.11. The van der Waals surface area contributed by atoms with Gasteiger partial charge in [-0.25, -0.2) is 9.97 Å². The van der Waals surface area contributed by atoms with Crippen LogP contribution in [0.4, 0.5) is 0 Å². The van der Waals surface area contributed by atoms with E-state index in [4.69, 9.17) is 16.3 Å². The molecule has 3 rings (SSSR count). The van der Waals surface area contributed by atoms with Crippen LogP contribution >= 0.6 is 34.2 Å². The van der Waals surface area contributed by atoms with E-state index in [1.807, 2.05) is 0 Å². The predicted octanol–water partition coefficient (Wildman–Crippen LogP) is 1.49. The van der Waals surface area contributed by atoms with E-state index in [2.05, 4.69) is 39.1 Å². The monoisotopic (exact) mass is 407 g/mol. The van der Waals surface area contributed by atoms with Crippen molar-refractivity contribution in [3.05, 3.63) is 33.9 Å². The highest BCUT2D eigenvalue weighted by Gasteiger charge is 2.43. The summed E-state index contributed by atoms with van der Waals surface area (Å²) in [4.78, 5) is 8.12. The molecule has 0 aromatic carbocycles. The summed E-state index contributed by atoms with van der Waals surface area (Å²) in [5.41, 5.74) is 0.551. The highest BCUT2D eigenvalue weighted by molar-refractivity contribution is 14.1. The molecule has 2 aromatic rings. The second-order valence-electron chi connectivity index (χ2n) is 4.46. The molecule has 0 saturated carbocycles. The number of fused-ring (bicyclic) bond motifs is 1. The minimum Gasteiger partial charge on any atom is -0.387 e. The van der Waals surface area contributed by atoms with E-state index in [1.165, 1.54) is 12.4 Å². The molecular weight excluding hydrogens is 397 g/mol. The molecule has 4 atom stereocenters. The molecular formula is C12H11ClIN3O3. The van der Waals surface area contributed by atoms with Crippen LogP contribution in [0.2, 0.25) is 5.15 Å². The molecule has 1 aliphatic rings. The molecule has 20 heavy (non-hydrogen) atoms. The summed E-state index contributed by atoms with van der Waals surface area (Å²) in [5.74, 6) is 0. The molecule has 0 spiro atoms. The fourth-order valence-corrected chi connectivity index (χ4v) is 3.49. The van der Waals surface area contributed by atoms with E-state index in [0.29, 0.717) is 16.2 Å². The average molecular weight is 408 g/mol. The van der Waals surface area contributed by atoms with Crippen molar-refractivity contribution in [1.29, 1.82) is 0 Å². The number of aromatic nitrogens is 3. The Morgan fingerprint density at radius 2 is 2.15 bits per heavy atom. The zero-order valence-corrected chi connectivity index (χ0v) is 13.1. The van der Waals surface area contributed by atoms with Gasteiger partial charge < -0.3 is 19.5 Å². The van der Waals surface area contributed by atoms with Gasteiger partial charge in [-0.15, -0.1) is 6.58 Å². The normalized spacial score (nSPS) is 30.0. The second-order valence-corrected chi connectivity index (χ2v) is 5.98. The van der Waals surface area contributed by atoms with Gasteiger partial charge in [-0.2, -0.15) is 0 Å². The number of hydrogen-bond donors (Lipinski definition) is 2. The Balaban J connectivity index is 2.12. The fraction of sp³-hybridized carbons (Fsp3) is 0.333. The minimum absolute atomic E-state index is 0.339. The molecule has 106 valence electrons. The van der Waals surface area contributed by atoms with Gasteiger partial charge in [0, 0.05) is 9.77 Å². The third-order valence-electron chi connectivity index (χ3n) is 3.30. The lowest BCUT2D eigenvalue weighted by atomic mass is 10.1. The lowest BCUT2D eigenvalue weighted by molar-refractivity contribution is -0.0241. The summed E-state index contributed by atoms with van der Waals surface area (Å²) in [6, 6.07) is 0. The molecule has 2 N–H and O–H groups in total. The van der Waals surface area contributed by atoms with Crippen LogP contribution in [-0.2, 0) is 4.74 Å². The molecule has 1 fully saturated rings. The molecule has 0 aliphatic carbocycles. The molecule has 2 aromatic heterocycles. The lowest BCUT2D eigenvalue weighted by Crippen LogP contribution is -2.30. The first-order valence-electron chi connectivity index (χ1n) is 5.85. The average Bonchev–Trinajstić information content (AvgIpc) is 2.90. The summed E-state index contributed by atoms with van der Waals surface area (Å²) >= 11 is 8.18. The van der Waals surface area contributed by atoms with Crippen LogP contribution in [0.15, 0.2) is 25.2 Å². The molecule has 1 saturated heterocycles. The van der Waals surface area contributed by atoms with Gasteiger partial charge in [-0.1, -0.05) is 17.7 Å². The lowest BCUT2D eigenvalue weighted by Gasteiger charge is -2.17. The minimum atomic E-state index is -1.07. The van der Waals surface area contributed by atoms with E-state index in [1.54, 1.807) is 10.8 Å². The molecule has 1 aliphatic heterocycles. The zero-order valence-electron chi connectivity index (χ0n) is 10.1. The van der Waals surface area contributed by atoms with Crippen LogP contribution in [-0.4, -0.2) is 43.1 Å². The first-order valence-corrected chi connectivity index (χ1v) is 7.31. The van der Waals surface area contributed by atoms with Crippen LogP contribution in [0.1, 0.15) is 6.23 Å². The van der Waals surface area contributed by atoms with Crippen molar-refractivity contribution in [2.24, 2.45) is 0 Å². The summed E-state index contributed by atoms with van der Waals surface area (Å²) < 4.78 is 8.12. The quantitative estimate of drug-likeness (QED) is 0.448. The van der Waals surface area contributed by atoms with Crippen molar-refractivity contribution in [2.75, 3.05) is 0 Å². The Kier molecular flexibility index (Phi) is 3.71. The molecule has 6 nitrogen and oxygen atoms in total. The number of rotatable bonds is 2. The van der Waals surface area contributed by atoms with Gasteiger partial charge >= 0.3 is 0 Å². The molecule has 0 radical (unpaired) electrons. The maximum atomic E-state index is 10.1. The molecule has 0 bridgehead atoms. The van der Waals surface area contributed by atoms with Gasteiger partial charge in [0.25, 0.3) is 0 Å². The van der Waals surface area contributed by atoms with Crippen molar-refractivity contribution in [3.63, 3.8) is 0 Å². The molecule has 0 amide bonds. The van der Waals surface area contributed by atoms with Gasteiger partial charge in [0.05, 0.1) is 5.39 Å². The molecule has 8 heteroatoms. The Morgan fingerprint density at radius 3 is 2.80 bits per heavy atom. The van der Waals surface area contributed by atoms with Crippen molar-refractivity contribution in [3.8, 4) is 0 Å². The highest BCUT2D eigenvalue weighted by atomic mass is 127. The van der Waals surface area contributed by atoms with Crippen LogP contribution in [0.5, 0.6) is 0 Å². The largest absolute Gasteiger partial charge is 0.387 e. The standard InChI is InChI=1S/C12H11ClIN3O3/c1-2-6-8(18)9(19)12(20-6)17-3-5(14)7-10(13)15-4-16-11(7)17/h2-4,6,8-9,12,18-19H,1H2/t6-,8-,9-,12-/m1/s1. The molecule has 3 heterocycles. The Bertz CT molecular complexity index is 677. The van der Waals surface area contributed by atoms with E-state index in [9.17, 15) is 10.2 Å². The predicted molar refractivity (Wildman–Crippen MR) is 81.4 cm³/mol. The van der Waals surface area contributed by atoms with E-state index in [-0.39, 0.29) is 0 Å². The van der Waals surface area contributed by atoms with E-state index < -0.39 is 24.5 Å². The topological polar surface area (TPSA) is 80.4 Å². The summed E-state index contributed by atoms with van der Waals surface area (Å²) in [5, 5.41) is 21.1. The van der Waals surface area contributed by atoms with E-state index >= 15 is 0 Å². The smallest absolute Gasteiger partial charge is 0.164 e. The van der Waals surface area contributed by atoms with Gasteiger partial charge in [0.15, 0.2) is 6.23 Å². The number of halogens is 2. The Hall–Kier alpha value is -0.740. The van der Waals surface area contributed by atoms with Crippen molar-refractivity contribution < 1.29 is 14.9 Å². The SMILES string of the molecule is C=C[C@H]1O[C@@H](n2cc(I)c3c(Cl)ncnc32)[C@H](O)[C@@H]1O. The van der Waals surface area contributed by atoms with Crippen LogP contribution in [0, 0.1) is 3.57 Å². The van der Waals surface area contributed by atoms with Crippen molar-refractivity contribution in [2.45, 2.75) is 24.5 Å². The maximum absolute atomic E-state index is 10.1. The number of nitrogens with zero attached hydrogens (tertiary/aromatic N) is 3. The van der Waals surface area contributed by atoms with Gasteiger partial charge in [0.2, 0.25) is 0 Å². The Labute approximate surface area is 133 Å². The van der Waals surface area contributed by atoms with E-state index in [0.717, 1.165) is 3.57 Å². The van der Waals surface area contributed by atoms with Crippen molar-refractivity contribution in [1.82, 2.24) is 14.5 Å². The second kappa shape index (κ2) is 5.23. The van der Waals surface area contributed by atoms with Gasteiger partial charge in [-0.3, -0.25) is 0 Å². The maximum Gasteiger partial charge on any atom is 0.164 e.